The lowest BCUT2D eigenvalue weighted by Gasteiger charge is -2.38. The lowest BCUT2D eigenvalue weighted by molar-refractivity contribution is 0.0951. The molecule has 2 aliphatic rings. The van der Waals surface area contributed by atoms with Crippen LogP contribution in [0.3, 0.4) is 0 Å². The molecule has 0 unspecified atom stereocenters. The Labute approximate surface area is 196 Å². The Kier molecular flexibility index (Phi) is 7.50. The number of amides is 3. The first kappa shape index (κ1) is 23.1. The number of piperazine rings is 1. The van der Waals surface area contributed by atoms with Crippen LogP contribution in [0.25, 0.3) is 0 Å². The van der Waals surface area contributed by atoms with Crippen LogP contribution in [0.15, 0.2) is 48.5 Å². The zero-order valence-electron chi connectivity index (χ0n) is 19.7. The van der Waals surface area contributed by atoms with E-state index in [0.29, 0.717) is 18.2 Å². The smallest absolute Gasteiger partial charge is 0.321 e. The zero-order valence-corrected chi connectivity index (χ0v) is 19.7. The van der Waals surface area contributed by atoms with Crippen LogP contribution in [0.2, 0.25) is 0 Å². The van der Waals surface area contributed by atoms with Crippen LogP contribution in [-0.4, -0.2) is 67.0 Å². The van der Waals surface area contributed by atoms with Gasteiger partial charge in [-0.2, -0.15) is 0 Å². The Balaban J connectivity index is 1.28. The third-order valence-electron chi connectivity index (χ3n) is 6.56. The molecular weight excluding hydrogens is 414 g/mol. The van der Waals surface area contributed by atoms with Gasteiger partial charge in [0.05, 0.1) is 0 Å². The molecule has 0 atom stereocenters. The highest BCUT2D eigenvalue weighted by Crippen LogP contribution is 2.19. The number of hydrogen-bond acceptors (Lipinski definition) is 4. The van der Waals surface area contributed by atoms with Crippen LogP contribution >= 0.6 is 0 Å². The van der Waals surface area contributed by atoms with E-state index in [-0.39, 0.29) is 11.9 Å². The fourth-order valence-electron chi connectivity index (χ4n) is 4.49. The van der Waals surface area contributed by atoms with Crippen molar-refractivity contribution in [2.75, 3.05) is 49.5 Å². The minimum atomic E-state index is -0.0994. The highest BCUT2D eigenvalue weighted by atomic mass is 16.2. The first-order chi connectivity index (χ1) is 16.0. The summed E-state index contributed by atoms with van der Waals surface area (Å²) in [6.07, 6.45) is 2.13. The summed E-state index contributed by atoms with van der Waals surface area (Å²) in [5, 5.41) is 5.94. The Bertz CT molecular complexity index is 945. The zero-order chi connectivity index (χ0) is 23.2. The summed E-state index contributed by atoms with van der Waals surface area (Å²) in [4.78, 5) is 31.7. The molecular formula is C26H35N5O2. The predicted molar refractivity (Wildman–Crippen MR) is 133 cm³/mol. The normalized spacial score (nSPS) is 16.8. The van der Waals surface area contributed by atoms with Gasteiger partial charge in [-0.3, -0.25) is 9.69 Å². The fourth-order valence-corrected chi connectivity index (χ4v) is 4.49. The van der Waals surface area contributed by atoms with Gasteiger partial charge in [0.1, 0.15) is 0 Å². The van der Waals surface area contributed by atoms with Crippen molar-refractivity contribution in [3.8, 4) is 0 Å². The van der Waals surface area contributed by atoms with Gasteiger partial charge in [-0.05, 0) is 68.7 Å². The van der Waals surface area contributed by atoms with Gasteiger partial charge in [0, 0.05) is 68.8 Å². The summed E-state index contributed by atoms with van der Waals surface area (Å²) in [7, 11) is 0. The van der Waals surface area contributed by atoms with Crippen molar-refractivity contribution in [3.05, 3.63) is 59.7 Å². The molecule has 0 aromatic heterocycles. The SMILES string of the molecule is CC(C)N1CCN(c2ccc(C(=O)NCc3cccc(NC(=O)N4CCCC4)c3)cc2)CC1. The molecule has 2 fully saturated rings. The number of carbonyl (C=O) groups is 2. The Hall–Kier alpha value is -3.06. The minimum Gasteiger partial charge on any atom is -0.369 e. The molecule has 3 amide bonds. The number of benzene rings is 2. The Morgan fingerprint density at radius 2 is 1.61 bits per heavy atom. The minimum absolute atomic E-state index is 0.0561. The molecule has 7 nitrogen and oxygen atoms in total. The van der Waals surface area contributed by atoms with E-state index in [1.165, 1.54) is 0 Å². The summed E-state index contributed by atoms with van der Waals surface area (Å²) < 4.78 is 0. The van der Waals surface area contributed by atoms with Crippen molar-refractivity contribution in [2.24, 2.45) is 0 Å². The molecule has 0 spiro atoms. The highest BCUT2D eigenvalue weighted by Gasteiger charge is 2.19. The van der Waals surface area contributed by atoms with E-state index in [4.69, 9.17) is 0 Å². The predicted octanol–water partition coefficient (Wildman–Crippen LogP) is 3.77. The number of likely N-dealkylation sites (tertiary alicyclic amines) is 1. The molecule has 0 saturated carbocycles. The Morgan fingerprint density at radius 1 is 0.909 bits per heavy atom. The molecule has 2 heterocycles. The maximum Gasteiger partial charge on any atom is 0.321 e. The van der Waals surface area contributed by atoms with Crippen molar-refractivity contribution < 1.29 is 9.59 Å². The van der Waals surface area contributed by atoms with E-state index < -0.39 is 0 Å². The van der Waals surface area contributed by atoms with Crippen LogP contribution in [0, 0.1) is 0 Å². The second kappa shape index (κ2) is 10.7. The van der Waals surface area contributed by atoms with Gasteiger partial charge in [0.15, 0.2) is 0 Å². The van der Waals surface area contributed by atoms with Crippen molar-refractivity contribution >= 4 is 23.3 Å². The summed E-state index contributed by atoms with van der Waals surface area (Å²) in [6.45, 7) is 10.7. The maximum absolute atomic E-state index is 12.7. The quantitative estimate of drug-likeness (QED) is 0.704. The molecule has 0 aliphatic carbocycles. The molecule has 7 heteroatoms. The molecule has 33 heavy (non-hydrogen) atoms. The molecule has 0 radical (unpaired) electrons. The van der Waals surface area contributed by atoms with Crippen LogP contribution in [0.1, 0.15) is 42.6 Å². The van der Waals surface area contributed by atoms with Gasteiger partial charge in [-0.15, -0.1) is 0 Å². The average Bonchev–Trinajstić information content (AvgIpc) is 3.38. The topological polar surface area (TPSA) is 67.9 Å². The summed E-state index contributed by atoms with van der Waals surface area (Å²) in [5.41, 5.74) is 3.51. The standard InChI is InChI=1S/C26H35N5O2/c1-20(2)29-14-16-30(17-15-29)24-10-8-22(9-11-24)25(32)27-19-21-6-5-7-23(18-21)28-26(33)31-12-3-4-13-31/h5-11,18,20H,3-4,12-17,19H2,1-2H3,(H,27,32)(H,28,33). The number of anilines is 2. The molecule has 176 valence electrons. The van der Waals surface area contributed by atoms with E-state index in [0.717, 1.165) is 69.0 Å². The molecule has 2 aromatic carbocycles. The van der Waals surface area contributed by atoms with Gasteiger partial charge in [-0.1, -0.05) is 12.1 Å². The van der Waals surface area contributed by atoms with Crippen molar-refractivity contribution in [3.63, 3.8) is 0 Å². The summed E-state index contributed by atoms with van der Waals surface area (Å²) in [5.74, 6) is -0.0994. The number of hydrogen-bond donors (Lipinski definition) is 2. The Morgan fingerprint density at radius 3 is 2.27 bits per heavy atom. The third-order valence-corrected chi connectivity index (χ3v) is 6.56. The molecule has 4 rings (SSSR count). The van der Waals surface area contributed by atoms with Crippen molar-refractivity contribution in [1.82, 2.24) is 15.1 Å². The summed E-state index contributed by atoms with van der Waals surface area (Å²) in [6, 6.07) is 16.0. The number of rotatable bonds is 6. The monoisotopic (exact) mass is 449 g/mol. The van der Waals surface area contributed by atoms with Gasteiger partial charge in [0.2, 0.25) is 0 Å². The largest absolute Gasteiger partial charge is 0.369 e. The molecule has 2 aromatic rings. The molecule has 2 saturated heterocycles. The van der Waals surface area contributed by atoms with E-state index in [1.54, 1.807) is 0 Å². The van der Waals surface area contributed by atoms with Crippen LogP contribution < -0.4 is 15.5 Å². The van der Waals surface area contributed by atoms with E-state index in [9.17, 15) is 9.59 Å². The molecule has 2 N–H and O–H groups in total. The second-order valence-electron chi connectivity index (χ2n) is 9.17. The van der Waals surface area contributed by atoms with Crippen LogP contribution in [0.5, 0.6) is 0 Å². The highest BCUT2D eigenvalue weighted by molar-refractivity contribution is 5.94. The van der Waals surface area contributed by atoms with Crippen LogP contribution in [0.4, 0.5) is 16.2 Å². The number of nitrogens with one attached hydrogen (secondary N) is 2. The van der Waals surface area contributed by atoms with Gasteiger partial charge in [-0.25, -0.2) is 4.79 Å². The summed E-state index contributed by atoms with van der Waals surface area (Å²) >= 11 is 0. The second-order valence-corrected chi connectivity index (χ2v) is 9.17. The average molecular weight is 450 g/mol. The van der Waals surface area contributed by atoms with Crippen LogP contribution in [-0.2, 0) is 6.54 Å². The fraction of sp³-hybridized carbons (Fsp3) is 0.462. The lowest BCUT2D eigenvalue weighted by atomic mass is 10.1. The lowest BCUT2D eigenvalue weighted by Crippen LogP contribution is -2.48. The number of carbonyl (C=O) groups excluding carboxylic acids is 2. The molecule has 0 bridgehead atoms. The van der Waals surface area contributed by atoms with Gasteiger partial charge < -0.3 is 20.4 Å². The van der Waals surface area contributed by atoms with Gasteiger partial charge in [0.25, 0.3) is 5.91 Å². The third kappa shape index (κ3) is 6.05. The van der Waals surface area contributed by atoms with E-state index in [1.807, 2.05) is 53.4 Å². The first-order valence-corrected chi connectivity index (χ1v) is 12.0. The molecule has 2 aliphatic heterocycles. The van der Waals surface area contributed by atoms with Gasteiger partial charge >= 0.3 is 6.03 Å². The number of nitrogens with zero attached hydrogens (tertiary/aromatic N) is 3. The van der Waals surface area contributed by atoms with Crippen molar-refractivity contribution in [2.45, 2.75) is 39.3 Å². The number of urea groups is 1. The van der Waals surface area contributed by atoms with Crippen molar-refractivity contribution in [1.29, 1.82) is 0 Å². The first-order valence-electron chi connectivity index (χ1n) is 12.0. The van der Waals surface area contributed by atoms with E-state index in [2.05, 4.69) is 34.3 Å². The van der Waals surface area contributed by atoms with E-state index >= 15 is 0 Å². The maximum atomic E-state index is 12.7.